The van der Waals surface area contributed by atoms with Crippen LogP contribution < -0.4 is 0 Å². The molecule has 0 aliphatic carbocycles. The highest BCUT2D eigenvalue weighted by atomic mass is 32.2. The van der Waals surface area contributed by atoms with E-state index < -0.39 is 0 Å². The molecule has 29 heavy (non-hydrogen) atoms. The Morgan fingerprint density at radius 3 is 2.10 bits per heavy atom. The van der Waals surface area contributed by atoms with E-state index in [1.165, 1.54) is 31.7 Å². The molecule has 0 unspecified atom stereocenters. The first-order valence-electron chi connectivity index (χ1n) is 9.89. The van der Waals surface area contributed by atoms with Gasteiger partial charge in [-0.1, -0.05) is 96.4 Å². The third-order valence-electron chi connectivity index (χ3n) is 4.97. The number of allylic oxidation sites excluding steroid dienone is 2. The Labute approximate surface area is 187 Å². The molecule has 0 atom stereocenters. The van der Waals surface area contributed by atoms with E-state index in [-0.39, 0.29) is 0 Å². The third kappa shape index (κ3) is 4.32. The van der Waals surface area contributed by atoms with Crippen LogP contribution in [-0.4, -0.2) is 33.8 Å². The van der Waals surface area contributed by atoms with E-state index in [4.69, 9.17) is 12.2 Å². The Bertz CT molecular complexity index is 978. The number of likely N-dealkylation sites (N-methyl/N-ethyl adjacent to an activating group) is 1. The van der Waals surface area contributed by atoms with Crippen molar-refractivity contribution in [3.05, 3.63) is 93.9 Å². The minimum absolute atomic E-state index is 0.922. The molecule has 148 valence electrons. The van der Waals surface area contributed by atoms with E-state index in [0.717, 1.165) is 24.0 Å². The Hall–Kier alpha value is -1.95. The molecular weight excluding hydrogens is 412 g/mol. The van der Waals surface area contributed by atoms with Crippen molar-refractivity contribution in [2.24, 2.45) is 0 Å². The number of nitrogens with zero attached hydrogens (tertiary/aromatic N) is 2. The van der Waals surface area contributed by atoms with Crippen LogP contribution in [0.1, 0.15) is 25.0 Å². The zero-order chi connectivity index (χ0) is 20.2. The fourth-order valence-electron chi connectivity index (χ4n) is 3.50. The summed E-state index contributed by atoms with van der Waals surface area (Å²) in [6, 6.07) is 21.4. The van der Waals surface area contributed by atoms with E-state index in [1.807, 2.05) is 11.8 Å². The summed E-state index contributed by atoms with van der Waals surface area (Å²) >= 11 is 9.05. The highest BCUT2D eigenvalue weighted by Gasteiger charge is 2.29. The minimum atomic E-state index is 0.922. The van der Waals surface area contributed by atoms with Crippen molar-refractivity contribution in [1.29, 1.82) is 0 Å². The standard InChI is InChI=1S/C24H24N2S3/c1-3-25-17-20(28-24(25)27)15-16-21-26(4-2)22(18-11-7-5-8-12-18)23(29-21)19-13-9-6-10-14-19/h5-16H,3-4,17H2,1-2H3. The summed E-state index contributed by atoms with van der Waals surface area (Å²) in [5.41, 5.74) is 3.81. The second-order valence-electron chi connectivity index (χ2n) is 6.78. The average Bonchev–Trinajstić information content (AvgIpc) is 3.33. The highest BCUT2D eigenvalue weighted by molar-refractivity contribution is 8.25. The first-order chi connectivity index (χ1) is 14.2. The monoisotopic (exact) mass is 436 g/mol. The van der Waals surface area contributed by atoms with Gasteiger partial charge in [0.1, 0.15) is 4.32 Å². The van der Waals surface area contributed by atoms with Gasteiger partial charge in [0.05, 0.1) is 17.3 Å². The highest BCUT2D eigenvalue weighted by Crippen LogP contribution is 2.50. The molecule has 1 fully saturated rings. The zero-order valence-corrected chi connectivity index (χ0v) is 19.1. The SMILES string of the molecule is CCN1CC(=CC=C2SC(c3ccccc3)=C(c3ccccc3)N2CC)SC1=S. The van der Waals surface area contributed by atoms with Crippen molar-refractivity contribution in [2.45, 2.75) is 13.8 Å². The van der Waals surface area contributed by atoms with Gasteiger partial charge in [-0.2, -0.15) is 0 Å². The second-order valence-corrected chi connectivity index (χ2v) is 9.57. The Morgan fingerprint density at radius 2 is 1.52 bits per heavy atom. The summed E-state index contributed by atoms with van der Waals surface area (Å²) in [4.78, 5) is 7.30. The summed E-state index contributed by atoms with van der Waals surface area (Å²) in [7, 11) is 0. The van der Waals surface area contributed by atoms with Gasteiger partial charge in [-0.15, -0.1) is 0 Å². The number of thioether (sulfide) groups is 2. The van der Waals surface area contributed by atoms with Gasteiger partial charge in [0, 0.05) is 22.9 Å². The number of rotatable bonds is 5. The van der Waals surface area contributed by atoms with Gasteiger partial charge >= 0.3 is 0 Å². The Morgan fingerprint density at radius 1 is 0.862 bits per heavy atom. The molecule has 2 heterocycles. The minimum Gasteiger partial charge on any atom is -0.353 e. The summed E-state index contributed by atoms with van der Waals surface area (Å²) in [6.45, 7) is 7.19. The molecule has 2 aliphatic heterocycles. The lowest BCUT2D eigenvalue weighted by Gasteiger charge is -2.22. The van der Waals surface area contributed by atoms with Crippen LogP contribution in [0.5, 0.6) is 0 Å². The molecule has 0 radical (unpaired) electrons. The molecule has 0 saturated carbocycles. The van der Waals surface area contributed by atoms with E-state index in [9.17, 15) is 0 Å². The predicted molar refractivity (Wildman–Crippen MR) is 133 cm³/mol. The lowest BCUT2D eigenvalue weighted by Crippen LogP contribution is -2.21. The summed E-state index contributed by atoms with van der Waals surface area (Å²) in [6.07, 6.45) is 4.51. The molecular formula is C24H24N2S3. The topological polar surface area (TPSA) is 6.48 Å². The smallest absolute Gasteiger partial charge is 0.141 e. The van der Waals surface area contributed by atoms with Crippen LogP contribution in [0, 0.1) is 0 Å². The lowest BCUT2D eigenvalue weighted by atomic mass is 10.1. The molecule has 0 bridgehead atoms. The van der Waals surface area contributed by atoms with Crippen molar-refractivity contribution in [2.75, 3.05) is 19.6 Å². The molecule has 1 saturated heterocycles. The molecule has 2 aromatic rings. The first kappa shape index (κ1) is 20.3. The Kier molecular flexibility index (Phi) is 6.48. The molecule has 0 aromatic heterocycles. The summed E-state index contributed by atoms with van der Waals surface area (Å²) in [5, 5.41) is 1.26. The second kappa shape index (κ2) is 9.24. The molecule has 0 spiro atoms. The molecule has 5 heteroatoms. The van der Waals surface area contributed by atoms with Crippen LogP contribution >= 0.6 is 35.7 Å². The van der Waals surface area contributed by atoms with Crippen LogP contribution in [0.2, 0.25) is 0 Å². The third-order valence-corrected chi connectivity index (χ3v) is 7.64. The molecule has 2 aromatic carbocycles. The van der Waals surface area contributed by atoms with Crippen molar-refractivity contribution >= 4 is 50.7 Å². The Balaban J connectivity index is 1.72. The van der Waals surface area contributed by atoms with Gasteiger partial charge < -0.3 is 9.80 Å². The van der Waals surface area contributed by atoms with Gasteiger partial charge in [-0.25, -0.2) is 0 Å². The molecule has 0 N–H and O–H groups in total. The van der Waals surface area contributed by atoms with Gasteiger partial charge in [0.25, 0.3) is 0 Å². The quantitative estimate of drug-likeness (QED) is 0.482. The van der Waals surface area contributed by atoms with E-state index in [0.29, 0.717) is 0 Å². The number of benzene rings is 2. The van der Waals surface area contributed by atoms with Crippen molar-refractivity contribution in [3.8, 4) is 0 Å². The van der Waals surface area contributed by atoms with Crippen molar-refractivity contribution in [1.82, 2.24) is 9.80 Å². The average molecular weight is 437 g/mol. The first-order valence-corrected chi connectivity index (χ1v) is 11.9. The van der Waals surface area contributed by atoms with Gasteiger partial charge in [-0.3, -0.25) is 0 Å². The van der Waals surface area contributed by atoms with Gasteiger partial charge in [0.15, 0.2) is 0 Å². The number of hydrogen-bond donors (Lipinski definition) is 0. The maximum atomic E-state index is 5.48. The van der Waals surface area contributed by atoms with E-state index in [1.54, 1.807) is 11.8 Å². The lowest BCUT2D eigenvalue weighted by molar-refractivity contribution is 0.510. The predicted octanol–water partition coefficient (Wildman–Crippen LogP) is 6.66. The molecule has 4 rings (SSSR count). The molecule has 2 nitrogen and oxygen atoms in total. The molecule has 2 aliphatic rings. The number of hydrogen-bond acceptors (Lipinski definition) is 4. The maximum Gasteiger partial charge on any atom is 0.141 e. The zero-order valence-electron chi connectivity index (χ0n) is 16.7. The van der Waals surface area contributed by atoms with Crippen molar-refractivity contribution < 1.29 is 0 Å². The fourth-order valence-corrected chi connectivity index (χ4v) is 6.17. The van der Waals surface area contributed by atoms with Crippen LogP contribution in [0.15, 0.2) is 82.7 Å². The summed E-state index contributed by atoms with van der Waals surface area (Å²) < 4.78 is 0.983. The van der Waals surface area contributed by atoms with E-state index >= 15 is 0 Å². The van der Waals surface area contributed by atoms with Crippen molar-refractivity contribution in [3.63, 3.8) is 0 Å². The van der Waals surface area contributed by atoms with Crippen LogP contribution in [0.25, 0.3) is 10.6 Å². The largest absolute Gasteiger partial charge is 0.353 e. The van der Waals surface area contributed by atoms with E-state index in [2.05, 4.69) is 96.5 Å². The summed E-state index contributed by atoms with van der Waals surface area (Å²) in [5.74, 6) is 0. The van der Waals surface area contributed by atoms with Crippen LogP contribution in [0.3, 0.4) is 0 Å². The van der Waals surface area contributed by atoms with Gasteiger partial charge in [-0.05, 0) is 37.1 Å². The van der Waals surface area contributed by atoms with Crippen LogP contribution in [0.4, 0.5) is 0 Å². The normalized spacial score (nSPS) is 19.9. The fraction of sp³-hybridized carbons (Fsp3) is 0.208. The van der Waals surface area contributed by atoms with Crippen LogP contribution in [-0.2, 0) is 0 Å². The van der Waals surface area contributed by atoms with Gasteiger partial charge in [0.2, 0.25) is 0 Å². The number of thiocarbonyl (C=S) groups is 1. The molecule has 0 amide bonds. The maximum absolute atomic E-state index is 5.48.